The van der Waals surface area contributed by atoms with Crippen LogP contribution >= 0.6 is 0 Å². The van der Waals surface area contributed by atoms with Gasteiger partial charge in [0.1, 0.15) is 6.54 Å². The molecule has 15 nitrogen and oxygen atoms in total. The first-order valence-corrected chi connectivity index (χ1v) is 22.4. The number of allylic oxidation sites excluding steroid dienone is 6. The summed E-state index contributed by atoms with van der Waals surface area (Å²) in [6, 6.07) is 17.6. The summed E-state index contributed by atoms with van der Waals surface area (Å²) in [4.78, 5) is 27.7. The van der Waals surface area contributed by atoms with Crippen molar-refractivity contribution in [1.29, 1.82) is 0 Å². The lowest BCUT2D eigenvalue weighted by molar-refractivity contribution is -0.438. The molecule has 0 atom stereocenters. The summed E-state index contributed by atoms with van der Waals surface area (Å²) in [5, 5.41) is 17.3. The molecule has 0 aromatic heterocycles. The fourth-order valence-corrected chi connectivity index (χ4v) is 8.47. The van der Waals surface area contributed by atoms with Crippen molar-refractivity contribution in [2.45, 2.75) is 89.1 Å². The highest BCUT2D eigenvalue weighted by Gasteiger charge is 2.45. The Morgan fingerprint density at radius 1 is 0.952 bits per heavy atom. The normalized spacial score (nSPS) is 16.0. The molecule has 0 saturated carbocycles. The monoisotopic (exact) mass is 868 g/mol. The number of amides is 1. The first-order valence-electron chi connectivity index (χ1n) is 20.9. The van der Waals surface area contributed by atoms with Crippen LogP contribution in [0.1, 0.15) is 82.1 Å². The van der Waals surface area contributed by atoms with Crippen LogP contribution in [-0.4, -0.2) is 80.1 Å². The molecule has 3 aromatic carbocycles. The second-order valence-corrected chi connectivity index (χ2v) is 17.9. The zero-order valence-corrected chi connectivity index (χ0v) is 37.1. The molecule has 2 aliphatic rings. The maximum atomic E-state index is 12.3. The number of non-ortho nitro benzene ring substituents is 1. The van der Waals surface area contributed by atoms with Crippen LogP contribution < -0.4 is 10.2 Å². The summed E-state index contributed by atoms with van der Waals surface area (Å²) in [5.41, 5.74) is 15.8. The molecular formula is C46H58N7O8S+. The van der Waals surface area contributed by atoms with Crippen LogP contribution in [0.2, 0.25) is 0 Å². The Balaban J connectivity index is 1.26. The van der Waals surface area contributed by atoms with Gasteiger partial charge in [0.2, 0.25) is 11.6 Å². The molecule has 0 bridgehead atoms. The van der Waals surface area contributed by atoms with Gasteiger partial charge in [0.15, 0.2) is 5.71 Å². The predicted molar refractivity (Wildman–Crippen MR) is 241 cm³/mol. The lowest BCUT2D eigenvalue weighted by Gasteiger charge is -2.27. The number of nitro benzene ring substituents is 1. The number of azide groups is 1. The number of hydrogen-bond acceptors (Lipinski definition) is 9. The zero-order chi connectivity index (χ0) is 44.9. The van der Waals surface area contributed by atoms with Gasteiger partial charge in [-0.3, -0.25) is 19.5 Å². The number of rotatable bonds is 23. The molecule has 2 aliphatic heterocycles. The van der Waals surface area contributed by atoms with E-state index in [4.69, 9.17) is 15.0 Å². The van der Waals surface area contributed by atoms with Crippen LogP contribution in [0.4, 0.5) is 17.1 Å². The van der Waals surface area contributed by atoms with Gasteiger partial charge in [-0.15, -0.1) is 0 Å². The third-order valence-electron chi connectivity index (χ3n) is 11.3. The topological polar surface area (TPSA) is 200 Å². The number of ether oxygens (including phenoxy) is 2. The Bertz CT molecular complexity index is 2380. The number of anilines is 1. The fraction of sp³-hybridized carbons (Fsp3) is 0.435. The molecule has 0 aliphatic carbocycles. The molecule has 62 heavy (non-hydrogen) atoms. The van der Waals surface area contributed by atoms with Crippen molar-refractivity contribution >= 4 is 38.8 Å². The molecule has 16 heteroatoms. The van der Waals surface area contributed by atoms with Crippen LogP contribution in [0.5, 0.6) is 0 Å². The highest BCUT2D eigenvalue weighted by atomic mass is 32.2. The quantitative estimate of drug-likeness (QED) is 0.0107. The minimum absolute atomic E-state index is 0.0367. The summed E-state index contributed by atoms with van der Waals surface area (Å²) in [6.45, 7) is 14.3. The maximum Gasteiger partial charge on any atom is 0.294 e. The van der Waals surface area contributed by atoms with E-state index in [9.17, 15) is 27.9 Å². The lowest BCUT2D eigenvalue weighted by atomic mass is 9.81. The number of aryl methyl sites for hydroxylation is 1. The van der Waals surface area contributed by atoms with Crippen LogP contribution in [0.25, 0.3) is 10.4 Å². The van der Waals surface area contributed by atoms with Crippen molar-refractivity contribution in [3.8, 4) is 0 Å². The largest absolute Gasteiger partial charge is 0.377 e. The van der Waals surface area contributed by atoms with E-state index in [1.54, 1.807) is 24.3 Å². The molecule has 2 N–H and O–H groups in total. The van der Waals surface area contributed by atoms with Gasteiger partial charge in [-0.2, -0.15) is 13.0 Å². The third-order valence-corrected chi connectivity index (χ3v) is 12.1. The predicted octanol–water partition coefficient (Wildman–Crippen LogP) is 8.93. The number of fused-ring (bicyclic) bond motifs is 2. The van der Waals surface area contributed by atoms with E-state index in [0.29, 0.717) is 71.9 Å². The Morgan fingerprint density at radius 3 is 2.44 bits per heavy atom. The average Bonchev–Trinajstić information content (AvgIpc) is 3.57. The van der Waals surface area contributed by atoms with E-state index in [-0.39, 0.29) is 21.9 Å². The lowest BCUT2D eigenvalue weighted by Crippen LogP contribution is -2.29. The Kier molecular flexibility index (Phi) is 16.4. The minimum atomic E-state index is -4.40. The van der Waals surface area contributed by atoms with Gasteiger partial charge in [0.25, 0.3) is 15.8 Å². The van der Waals surface area contributed by atoms with Gasteiger partial charge in [-0.05, 0) is 93.1 Å². The standard InChI is InChI=1S/C46H57N7O8S/c1-34-16-22-40-38(31-34)45(2,3)43(52(40)27-28-60-29-30-61-33-35-17-19-36(20-18-35)53(55)56)14-9-6-8-13-42-46(4,5)39-32-37(62(57,58)59)21-23-41(39)51(42)26-11-7-10-15-44(54)48-24-12-25-49-50-47/h6,8-9,13-14,16-23,31-32H,7,10-12,15,24-30,33H2,1-5H3,(H-,48,54,57,58,59)/p+1. The second kappa shape index (κ2) is 21.4. The van der Waals surface area contributed by atoms with Gasteiger partial charge in [0.05, 0.1) is 41.7 Å². The van der Waals surface area contributed by atoms with Crippen LogP contribution in [-0.2, 0) is 41.8 Å². The van der Waals surface area contributed by atoms with E-state index < -0.39 is 20.5 Å². The number of benzene rings is 3. The molecule has 0 radical (unpaired) electrons. The number of nitro groups is 1. The van der Waals surface area contributed by atoms with E-state index in [0.717, 1.165) is 46.8 Å². The number of nitrogens with zero attached hydrogens (tertiary/aromatic N) is 6. The van der Waals surface area contributed by atoms with Crippen molar-refractivity contribution in [3.63, 3.8) is 0 Å². The third kappa shape index (κ3) is 12.0. The molecule has 330 valence electrons. The molecule has 0 fully saturated rings. The van der Waals surface area contributed by atoms with Gasteiger partial charge in [-0.25, -0.2) is 0 Å². The molecule has 5 rings (SSSR count). The molecule has 0 saturated heterocycles. The highest BCUT2D eigenvalue weighted by Crippen LogP contribution is 2.48. The van der Waals surface area contributed by atoms with Crippen molar-refractivity contribution in [1.82, 2.24) is 5.32 Å². The Hall–Kier alpha value is -5.64. The minimum Gasteiger partial charge on any atom is -0.377 e. The number of unbranched alkanes of at least 4 members (excludes halogenated alkanes) is 2. The number of hydrogen-bond donors (Lipinski definition) is 2. The van der Waals surface area contributed by atoms with Gasteiger partial charge >= 0.3 is 0 Å². The van der Waals surface area contributed by atoms with Gasteiger partial charge in [0, 0.05) is 84.0 Å². The Labute approximate surface area is 364 Å². The number of nitrogens with one attached hydrogen (secondary N) is 1. The van der Waals surface area contributed by atoms with E-state index >= 15 is 0 Å². The van der Waals surface area contributed by atoms with Crippen LogP contribution in [0.3, 0.4) is 0 Å². The SMILES string of the molecule is Cc1ccc2c(c1)C(C)(C)C(=CC=CC=CC1=[N+](CCCCCC(=O)NCCCN=[N+]=[N-])c3ccc(S(=O)(=O)O)cc3C1(C)C)N2CCOCCOCc1ccc([N+](=O)[O-])cc1. The smallest absolute Gasteiger partial charge is 0.294 e. The molecular weight excluding hydrogens is 811 g/mol. The highest BCUT2D eigenvalue weighted by molar-refractivity contribution is 7.85. The van der Waals surface area contributed by atoms with Crippen molar-refractivity contribution in [2.24, 2.45) is 5.11 Å². The average molecular weight is 869 g/mol. The second-order valence-electron chi connectivity index (χ2n) is 16.5. The fourth-order valence-electron chi connectivity index (χ4n) is 7.97. The molecule has 3 aromatic rings. The van der Waals surface area contributed by atoms with E-state index in [1.165, 1.54) is 29.3 Å². The summed E-state index contributed by atoms with van der Waals surface area (Å²) in [7, 11) is -4.40. The van der Waals surface area contributed by atoms with E-state index in [1.807, 2.05) is 32.1 Å². The molecule has 0 spiro atoms. The molecule has 1 amide bonds. The molecule has 2 heterocycles. The van der Waals surface area contributed by atoms with E-state index in [2.05, 4.69) is 75.9 Å². The first-order chi connectivity index (χ1) is 29.5. The van der Waals surface area contributed by atoms with Crippen molar-refractivity contribution in [3.05, 3.63) is 140 Å². The summed E-state index contributed by atoms with van der Waals surface area (Å²) in [6.07, 6.45) is 13.5. The Morgan fingerprint density at radius 2 is 1.71 bits per heavy atom. The van der Waals surface area contributed by atoms with Crippen molar-refractivity contribution < 1.29 is 36.7 Å². The van der Waals surface area contributed by atoms with Crippen LogP contribution in [0.15, 0.2) is 107 Å². The summed E-state index contributed by atoms with van der Waals surface area (Å²) >= 11 is 0. The van der Waals surface area contributed by atoms with Gasteiger partial charge in [-0.1, -0.05) is 54.9 Å². The van der Waals surface area contributed by atoms with Crippen LogP contribution in [0, 0.1) is 17.0 Å². The maximum absolute atomic E-state index is 12.3. The van der Waals surface area contributed by atoms with Gasteiger partial charge < -0.3 is 19.7 Å². The zero-order valence-electron chi connectivity index (χ0n) is 36.2. The van der Waals surface area contributed by atoms with Crippen molar-refractivity contribution in [2.75, 3.05) is 50.9 Å². The summed E-state index contributed by atoms with van der Waals surface area (Å²) in [5.74, 6) is -0.0367. The summed E-state index contributed by atoms with van der Waals surface area (Å²) < 4.78 is 48.1. The number of carbonyl (C=O) groups is 1. The number of carbonyl (C=O) groups excluding carboxylic acids is 1. The first kappa shape index (κ1) is 47.4. The molecule has 0 unspecified atom stereocenters.